The van der Waals surface area contributed by atoms with Crippen LogP contribution < -0.4 is 9.64 Å². The van der Waals surface area contributed by atoms with E-state index < -0.39 is 0 Å². The number of ether oxygens (including phenoxy) is 2. The Labute approximate surface area is 216 Å². The molecule has 9 heteroatoms. The van der Waals surface area contributed by atoms with Crippen LogP contribution in [0, 0.1) is 5.82 Å². The van der Waals surface area contributed by atoms with Crippen LogP contribution in [0.4, 0.5) is 10.3 Å². The molecule has 0 bridgehead atoms. The molecule has 3 aromatic rings. The first-order valence-corrected chi connectivity index (χ1v) is 12.8. The Morgan fingerprint density at radius 1 is 1.14 bits per heavy atom. The highest BCUT2D eigenvalue weighted by atomic mass is 19.1. The average Bonchev–Trinajstić information content (AvgIpc) is 3.59. The van der Waals surface area contributed by atoms with Gasteiger partial charge in [0, 0.05) is 44.9 Å². The normalized spacial score (nSPS) is 18.2. The molecule has 196 valence electrons. The predicted molar refractivity (Wildman–Crippen MR) is 138 cm³/mol. The smallest absolute Gasteiger partial charge is 0.258 e. The minimum atomic E-state index is -0.320. The van der Waals surface area contributed by atoms with E-state index in [0.717, 1.165) is 50.1 Å². The molecule has 37 heavy (non-hydrogen) atoms. The molecule has 2 aliphatic rings. The third kappa shape index (κ3) is 5.62. The van der Waals surface area contributed by atoms with Gasteiger partial charge >= 0.3 is 0 Å². The topological polar surface area (TPSA) is 71.3 Å². The van der Waals surface area contributed by atoms with Gasteiger partial charge in [-0.1, -0.05) is 17.3 Å². The van der Waals surface area contributed by atoms with E-state index in [1.807, 2.05) is 12.1 Å². The molecule has 2 fully saturated rings. The van der Waals surface area contributed by atoms with Crippen LogP contribution in [0.15, 0.2) is 53.1 Å². The van der Waals surface area contributed by atoms with E-state index >= 15 is 0 Å². The van der Waals surface area contributed by atoms with Crippen molar-refractivity contribution >= 4 is 11.8 Å². The maximum atomic E-state index is 13.9. The molecule has 3 heterocycles. The number of aromatic nitrogens is 1. The average molecular weight is 509 g/mol. The number of anilines is 1. The molecule has 0 radical (unpaired) electrons. The lowest BCUT2D eigenvalue weighted by Gasteiger charge is -2.33. The molecule has 0 saturated carbocycles. The molecule has 0 aliphatic carbocycles. The number of nitrogens with zero attached hydrogens (tertiary/aromatic N) is 4. The number of amides is 1. The lowest BCUT2D eigenvalue weighted by Crippen LogP contribution is -2.45. The molecule has 1 unspecified atom stereocenters. The quantitative estimate of drug-likeness (QED) is 0.454. The second kappa shape index (κ2) is 11.3. The maximum Gasteiger partial charge on any atom is 0.258 e. The van der Waals surface area contributed by atoms with Crippen molar-refractivity contribution in [3.63, 3.8) is 0 Å². The summed E-state index contributed by atoms with van der Waals surface area (Å²) in [5, 5.41) is 4.41. The fourth-order valence-corrected chi connectivity index (χ4v) is 4.97. The number of hydrogen-bond donors (Lipinski definition) is 0. The van der Waals surface area contributed by atoms with E-state index in [4.69, 9.17) is 14.0 Å². The van der Waals surface area contributed by atoms with Crippen LogP contribution in [0.5, 0.6) is 5.75 Å². The lowest BCUT2D eigenvalue weighted by molar-refractivity contribution is 0.0505. The van der Waals surface area contributed by atoms with Crippen molar-refractivity contribution in [1.29, 1.82) is 0 Å². The molecule has 2 aromatic carbocycles. The largest absolute Gasteiger partial charge is 0.496 e. The summed E-state index contributed by atoms with van der Waals surface area (Å²) in [5.41, 5.74) is 2.64. The summed E-state index contributed by atoms with van der Waals surface area (Å²) in [7, 11) is 3.66. The molecular formula is C28H33FN4O4. The number of rotatable bonds is 8. The zero-order valence-electron chi connectivity index (χ0n) is 21.4. The van der Waals surface area contributed by atoms with Gasteiger partial charge in [-0.3, -0.25) is 4.79 Å². The van der Waals surface area contributed by atoms with E-state index in [2.05, 4.69) is 22.0 Å². The standard InChI is InChI=1S/C28H33FN4O4/c1-31-13-15-32(16-14-31)28-24(26(30-37-28)20-9-11-21(29)12-10-20)19-33(18-22-6-5-17-36-22)27(34)23-7-3-4-8-25(23)35-2/h3-4,7-12,22H,5-6,13-19H2,1-2H3. The molecule has 0 N–H and O–H groups in total. The Morgan fingerprint density at radius 2 is 1.89 bits per heavy atom. The third-order valence-corrected chi connectivity index (χ3v) is 7.10. The molecule has 2 saturated heterocycles. The van der Waals surface area contributed by atoms with Crippen molar-refractivity contribution in [1.82, 2.24) is 15.0 Å². The SMILES string of the molecule is COc1ccccc1C(=O)N(Cc1c(-c2ccc(F)cc2)noc1N1CCN(C)CC1)CC1CCCO1. The van der Waals surface area contributed by atoms with Gasteiger partial charge in [0.2, 0.25) is 5.88 Å². The second-order valence-corrected chi connectivity index (χ2v) is 9.63. The predicted octanol–water partition coefficient (Wildman–Crippen LogP) is 4.06. The summed E-state index contributed by atoms with van der Waals surface area (Å²) in [6.07, 6.45) is 1.83. The number of halogens is 1. The van der Waals surface area contributed by atoms with Crippen LogP contribution in [-0.2, 0) is 11.3 Å². The molecular weight excluding hydrogens is 475 g/mol. The molecule has 2 aliphatic heterocycles. The summed E-state index contributed by atoms with van der Waals surface area (Å²) in [4.78, 5) is 20.2. The highest BCUT2D eigenvalue weighted by molar-refractivity contribution is 5.97. The second-order valence-electron chi connectivity index (χ2n) is 9.63. The Hall–Kier alpha value is -3.43. The van der Waals surface area contributed by atoms with Crippen LogP contribution in [0.1, 0.15) is 28.8 Å². The van der Waals surface area contributed by atoms with Crippen molar-refractivity contribution in [3.8, 4) is 17.0 Å². The zero-order chi connectivity index (χ0) is 25.8. The van der Waals surface area contributed by atoms with Gasteiger partial charge in [0.25, 0.3) is 5.91 Å². The molecule has 1 atom stereocenters. The molecule has 8 nitrogen and oxygen atoms in total. The van der Waals surface area contributed by atoms with Crippen molar-refractivity contribution in [3.05, 3.63) is 65.5 Å². The molecule has 1 amide bonds. The number of likely N-dealkylation sites (N-methyl/N-ethyl adjacent to an activating group) is 1. The monoisotopic (exact) mass is 508 g/mol. The van der Waals surface area contributed by atoms with Gasteiger partial charge in [-0.15, -0.1) is 0 Å². The first-order valence-electron chi connectivity index (χ1n) is 12.8. The van der Waals surface area contributed by atoms with E-state index in [0.29, 0.717) is 36.0 Å². The molecule has 5 rings (SSSR count). The summed E-state index contributed by atoms with van der Waals surface area (Å²) < 4.78 is 31.0. The Morgan fingerprint density at radius 3 is 2.59 bits per heavy atom. The van der Waals surface area contributed by atoms with Crippen LogP contribution in [0.3, 0.4) is 0 Å². The zero-order valence-corrected chi connectivity index (χ0v) is 21.4. The number of hydrogen-bond acceptors (Lipinski definition) is 7. The number of carbonyl (C=O) groups excluding carboxylic acids is 1. The van der Waals surface area contributed by atoms with E-state index in [1.165, 1.54) is 12.1 Å². The van der Waals surface area contributed by atoms with Crippen LogP contribution in [-0.4, -0.2) is 80.5 Å². The maximum absolute atomic E-state index is 13.9. The minimum Gasteiger partial charge on any atom is -0.496 e. The fourth-order valence-electron chi connectivity index (χ4n) is 4.97. The van der Waals surface area contributed by atoms with Crippen molar-refractivity contribution in [2.75, 3.05) is 58.4 Å². The van der Waals surface area contributed by atoms with Crippen molar-refractivity contribution in [2.45, 2.75) is 25.5 Å². The number of piperazine rings is 1. The highest BCUT2D eigenvalue weighted by Gasteiger charge is 2.31. The minimum absolute atomic E-state index is 0.0418. The summed E-state index contributed by atoms with van der Waals surface area (Å²) >= 11 is 0. The van der Waals surface area contributed by atoms with Crippen molar-refractivity contribution < 1.29 is 23.2 Å². The Bertz CT molecular complexity index is 1200. The number of para-hydroxylation sites is 1. The first-order chi connectivity index (χ1) is 18.0. The van der Waals surface area contributed by atoms with Crippen LogP contribution in [0.2, 0.25) is 0 Å². The van der Waals surface area contributed by atoms with E-state index in [1.54, 1.807) is 36.3 Å². The summed E-state index contributed by atoms with van der Waals surface area (Å²) in [6, 6.07) is 13.4. The van der Waals surface area contributed by atoms with Crippen LogP contribution >= 0.6 is 0 Å². The van der Waals surface area contributed by atoms with Gasteiger partial charge in [-0.25, -0.2) is 4.39 Å². The number of carbonyl (C=O) groups is 1. The fraction of sp³-hybridized carbons (Fsp3) is 0.429. The first kappa shape index (κ1) is 25.2. The Balaban J connectivity index is 1.53. The summed E-state index contributed by atoms with van der Waals surface area (Å²) in [5.74, 6) is 0.703. The van der Waals surface area contributed by atoms with Gasteiger partial charge in [-0.2, -0.15) is 0 Å². The third-order valence-electron chi connectivity index (χ3n) is 7.10. The van der Waals surface area contributed by atoms with Gasteiger partial charge in [0.15, 0.2) is 0 Å². The molecule has 0 spiro atoms. The molecule has 1 aromatic heterocycles. The van der Waals surface area contributed by atoms with Gasteiger partial charge in [0.05, 0.1) is 30.9 Å². The van der Waals surface area contributed by atoms with E-state index in [9.17, 15) is 9.18 Å². The number of benzene rings is 2. The summed E-state index contributed by atoms with van der Waals surface area (Å²) in [6.45, 7) is 4.77. The van der Waals surface area contributed by atoms with E-state index in [-0.39, 0.29) is 24.4 Å². The highest BCUT2D eigenvalue weighted by Crippen LogP contribution is 2.34. The lowest BCUT2D eigenvalue weighted by atomic mass is 10.0. The van der Waals surface area contributed by atoms with Gasteiger partial charge in [-0.05, 0) is 56.3 Å². The van der Waals surface area contributed by atoms with Gasteiger partial charge in [0.1, 0.15) is 17.3 Å². The number of methoxy groups -OCH3 is 1. The Kier molecular flexibility index (Phi) is 7.71. The van der Waals surface area contributed by atoms with Gasteiger partial charge < -0.3 is 28.7 Å². The van der Waals surface area contributed by atoms with Crippen molar-refractivity contribution in [2.24, 2.45) is 0 Å². The van der Waals surface area contributed by atoms with Crippen LogP contribution in [0.25, 0.3) is 11.3 Å².